The average Bonchev–Trinajstić information content (AvgIpc) is 2.43. The van der Waals surface area contributed by atoms with Crippen LogP contribution in [0.3, 0.4) is 0 Å². The molecular weight excluding hydrogens is 410 g/mol. The summed E-state index contributed by atoms with van der Waals surface area (Å²) < 4.78 is 20.3. The third-order valence-corrected chi connectivity index (χ3v) is 5.20. The van der Waals surface area contributed by atoms with Gasteiger partial charge < -0.3 is 4.74 Å². The number of alkyl halides is 1. The fourth-order valence-corrected chi connectivity index (χ4v) is 3.27. The Hall–Kier alpha value is -0.580. The first-order valence-corrected chi connectivity index (χ1v) is 7.90. The molecule has 2 aromatic carbocycles. The van der Waals surface area contributed by atoms with Crippen LogP contribution in [0.5, 0.6) is 5.75 Å². The number of ether oxygens (including phenoxy) is 1. The Kier molecular flexibility index (Phi) is 5.10. The van der Waals surface area contributed by atoms with E-state index in [1.54, 1.807) is 19.2 Å². The van der Waals surface area contributed by atoms with Gasteiger partial charge in [-0.3, -0.25) is 0 Å². The lowest BCUT2D eigenvalue weighted by Gasteiger charge is -2.17. The molecule has 0 radical (unpaired) electrons. The number of aryl methyl sites for hydroxylation is 1. The zero-order valence-electron chi connectivity index (χ0n) is 10.9. The van der Waals surface area contributed by atoms with Crippen molar-refractivity contribution in [3.8, 4) is 5.75 Å². The van der Waals surface area contributed by atoms with E-state index < -0.39 is 5.38 Å². The van der Waals surface area contributed by atoms with E-state index >= 15 is 0 Å². The van der Waals surface area contributed by atoms with Crippen molar-refractivity contribution in [1.82, 2.24) is 0 Å². The third-order valence-electron chi connectivity index (χ3n) is 3.04. The van der Waals surface area contributed by atoms with Gasteiger partial charge >= 0.3 is 0 Å². The van der Waals surface area contributed by atoms with Gasteiger partial charge in [0.2, 0.25) is 0 Å². The molecule has 0 saturated heterocycles. The number of methoxy groups -OCH3 is 1. The minimum absolute atomic E-state index is 0.335. The molecule has 1 atom stereocenters. The van der Waals surface area contributed by atoms with Crippen LogP contribution in [0.15, 0.2) is 39.3 Å². The molecule has 0 bridgehead atoms. The summed E-state index contributed by atoms with van der Waals surface area (Å²) in [6.07, 6.45) is 0. The molecule has 0 aliphatic rings. The van der Waals surface area contributed by atoms with Gasteiger partial charge in [0.15, 0.2) is 0 Å². The van der Waals surface area contributed by atoms with Crippen molar-refractivity contribution < 1.29 is 9.13 Å². The summed E-state index contributed by atoms with van der Waals surface area (Å²) in [6, 6.07) is 8.63. The molecular formula is C15H12Br2ClFO. The van der Waals surface area contributed by atoms with Crippen molar-refractivity contribution in [3.63, 3.8) is 0 Å². The fraction of sp³-hybridized carbons (Fsp3) is 0.200. The third kappa shape index (κ3) is 3.02. The van der Waals surface area contributed by atoms with Crippen molar-refractivity contribution in [2.75, 3.05) is 7.11 Å². The molecule has 0 aliphatic heterocycles. The van der Waals surface area contributed by atoms with Crippen molar-refractivity contribution in [2.45, 2.75) is 12.3 Å². The number of rotatable bonds is 3. The van der Waals surface area contributed by atoms with E-state index in [1.807, 2.05) is 19.1 Å². The van der Waals surface area contributed by atoms with Crippen LogP contribution in [0.2, 0.25) is 0 Å². The molecule has 0 fully saturated rings. The highest BCUT2D eigenvalue weighted by atomic mass is 79.9. The van der Waals surface area contributed by atoms with Gasteiger partial charge in [-0.15, -0.1) is 11.6 Å². The molecule has 0 spiro atoms. The molecule has 2 aromatic rings. The SMILES string of the molecule is COc1cc(C)c(Br)cc1C(Cl)c1cccc(F)c1Br. The van der Waals surface area contributed by atoms with E-state index in [-0.39, 0.29) is 5.82 Å². The molecule has 20 heavy (non-hydrogen) atoms. The van der Waals surface area contributed by atoms with Gasteiger partial charge in [0.25, 0.3) is 0 Å². The summed E-state index contributed by atoms with van der Waals surface area (Å²) in [7, 11) is 1.59. The van der Waals surface area contributed by atoms with E-state index in [9.17, 15) is 4.39 Å². The Morgan fingerprint density at radius 3 is 2.55 bits per heavy atom. The Labute approximate surface area is 139 Å². The standard InChI is InChI=1S/C15H12Br2ClFO/c1-8-6-13(20-2)10(7-11(8)16)15(18)9-4-3-5-12(19)14(9)17/h3-7,15H,1-2H3. The highest BCUT2D eigenvalue weighted by Gasteiger charge is 2.20. The summed E-state index contributed by atoms with van der Waals surface area (Å²) in [5.74, 6) is 0.347. The first-order chi connectivity index (χ1) is 9.45. The van der Waals surface area contributed by atoms with Crippen molar-refractivity contribution >= 4 is 43.5 Å². The van der Waals surface area contributed by atoms with Crippen molar-refractivity contribution in [2.24, 2.45) is 0 Å². The lowest BCUT2D eigenvalue weighted by atomic mass is 10.0. The maximum Gasteiger partial charge on any atom is 0.137 e. The van der Waals surface area contributed by atoms with Crippen LogP contribution in [-0.4, -0.2) is 7.11 Å². The lowest BCUT2D eigenvalue weighted by Crippen LogP contribution is -2.00. The van der Waals surface area contributed by atoms with Crippen LogP contribution in [0.1, 0.15) is 22.1 Å². The van der Waals surface area contributed by atoms with Gasteiger partial charge in [-0.05, 0) is 52.2 Å². The average molecular weight is 423 g/mol. The van der Waals surface area contributed by atoms with Gasteiger partial charge in [0, 0.05) is 10.0 Å². The van der Waals surface area contributed by atoms with Crippen LogP contribution in [0.4, 0.5) is 4.39 Å². The smallest absolute Gasteiger partial charge is 0.137 e. The first kappa shape index (κ1) is 15.8. The molecule has 106 valence electrons. The maximum absolute atomic E-state index is 13.6. The molecule has 0 heterocycles. The molecule has 1 nitrogen and oxygen atoms in total. The van der Waals surface area contributed by atoms with Crippen molar-refractivity contribution in [1.29, 1.82) is 0 Å². The van der Waals surface area contributed by atoms with Gasteiger partial charge in [-0.2, -0.15) is 0 Å². The van der Waals surface area contributed by atoms with Crippen LogP contribution < -0.4 is 4.74 Å². The molecule has 2 rings (SSSR count). The first-order valence-electron chi connectivity index (χ1n) is 5.87. The highest BCUT2D eigenvalue weighted by molar-refractivity contribution is 9.10. The zero-order chi connectivity index (χ0) is 14.9. The van der Waals surface area contributed by atoms with Crippen molar-refractivity contribution in [3.05, 3.63) is 61.8 Å². The Morgan fingerprint density at radius 1 is 1.20 bits per heavy atom. The molecule has 1 unspecified atom stereocenters. The van der Waals surface area contributed by atoms with E-state index in [2.05, 4.69) is 31.9 Å². The molecule has 0 aromatic heterocycles. The predicted molar refractivity (Wildman–Crippen MR) is 87.2 cm³/mol. The van der Waals surface area contributed by atoms with Crippen LogP contribution in [0, 0.1) is 12.7 Å². The maximum atomic E-state index is 13.6. The monoisotopic (exact) mass is 420 g/mol. The topological polar surface area (TPSA) is 9.23 Å². The molecule has 0 saturated carbocycles. The number of halogens is 4. The Morgan fingerprint density at radius 2 is 1.90 bits per heavy atom. The summed E-state index contributed by atoms with van der Waals surface area (Å²) >= 11 is 13.2. The van der Waals surface area contributed by atoms with E-state index in [0.29, 0.717) is 15.8 Å². The largest absolute Gasteiger partial charge is 0.496 e. The number of benzene rings is 2. The summed E-state index contributed by atoms with van der Waals surface area (Å²) in [6.45, 7) is 1.97. The zero-order valence-corrected chi connectivity index (χ0v) is 14.8. The van der Waals surface area contributed by atoms with Gasteiger partial charge in [0.1, 0.15) is 11.6 Å². The minimum Gasteiger partial charge on any atom is -0.496 e. The van der Waals surface area contributed by atoms with Crippen LogP contribution in [0.25, 0.3) is 0 Å². The fourth-order valence-electron chi connectivity index (χ4n) is 1.93. The van der Waals surface area contributed by atoms with Gasteiger partial charge in [-0.25, -0.2) is 4.39 Å². The van der Waals surface area contributed by atoms with E-state index in [1.165, 1.54) is 6.07 Å². The normalized spacial score (nSPS) is 12.3. The second kappa shape index (κ2) is 6.46. The summed E-state index contributed by atoms with van der Waals surface area (Å²) in [5, 5.41) is -0.507. The Balaban J connectivity index is 2.55. The second-order valence-electron chi connectivity index (χ2n) is 4.35. The quantitative estimate of drug-likeness (QED) is 0.552. The lowest BCUT2D eigenvalue weighted by molar-refractivity contribution is 0.409. The van der Waals surface area contributed by atoms with Crippen LogP contribution in [-0.2, 0) is 0 Å². The summed E-state index contributed by atoms with van der Waals surface area (Å²) in [4.78, 5) is 0. The molecule has 0 N–H and O–H groups in total. The van der Waals surface area contributed by atoms with Crippen LogP contribution >= 0.6 is 43.5 Å². The minimum atomic E-state index is -0.507. The van der Waals surface area contributed by atoms with Gasteiger partial charge in [0.05, 0.1) is 17.0 Å². The van der Waals surface area contributed by atoms with E-state index in [0.717, 1.165) is 15.6 Å². The molecule has 0 aliphatic carbocycles. The second-order valence-corrected chi connectivity index (χ2v) is 6.43. The predicted octanol–water partition coefficient (Wildman–Crippen LogP) is 6.00. The highest BCUT2D eigenvalue weighted by Crippen LogP contribution is 2.41. The molecule has 5 heteroatoms. The number of hydrogen-bond donors (Lipinski definition) is 0. The molecule has 0 amide bonds. The summed E-state index contributed by atoms with van der Waals surface area (Å²) in [5.41, 5.74) is 2.51. The van der Waals surface area contributed by atoms with Gasteiger partial charge in [-0.1, -0.05) is 28.1 Å². The number of hydrogen-bond acceptors (Lipinski definition) is 1. The Bertz CT molecular complexity index is 646. The van der Waals surface area contributed by atoms with E-state index in [4.69, 9.17) is 16.3 Å².